The Morgan fingerprint density at radius 2 is 1.14 bits per heavy atom. The van der Waals surface area contributed by atoms with E-state index in [2.05, 4.69) is 146 Å². The monoisotopic (exact) mass is 1420 g/mol. The minimum atomic E-state index is -0.500. The van der Waals surface area contributed by atoms with Gasteiger partial charge in [-0.05, 0) is 106 Å². The number of amidine groups is 3. The quantitative estimate of drug-likeness (QED) is 0.0321. The van der Waals surface area contributed by atoms with E-state index in [0.717, 1.165) is 97.9 Å². The number of nitrogens with two attached hydrogens (primary N) is 3. The molecule has 462 valence electrons. The minimum Gasteiger partial charge on any atom is -0.444 e. The Morgan fingerprint density at radius 1 is 0.702 bits per heavy atom. The lowest BCUT2D eigenvalue weighted by molar-refractivity contribution is 0.0186. The van der Waals surface area contributed by atoms with Crippen molar-refractivity contribution in [3.63, 3.8) is 0 Å². The summed E-state index contributed by atoms with van der Waals surface area (Å²) < 4.78 is 5.29. The van der Waals surface area contributed by atoms with Crippen LogP contribution in [0.1, 0.15) is 95.1 Å². The number of halogens is 4. The Balaban J connectivity index is 0.000000530. The Kier molecular flexibility index (Phi) is 35.5. The molecule has 5 heterocycles. The maximum absolute atomic E-state index is 11.7. The van der Waals surface area contributed by atoms with E-state index in [4.69, 9.17) is 48.6 Å². The number of ether oxygens (including phenoxy) is 1. The Hall–Kier alpha value is -5.14. The molecule has 17 nitrogen and oxygen atoms in total. The van der Waals surface area contributed by atoms with Crippen LogP contribution in [-0.2, 0) is 22.2 Å². The number of benzene rings is 4. The highest BCUT2D eigenvalue weighted by Crippen LogP contribution is 2.37. The average molecular weight is 1420 g/mol. The molecule has 0 unspecified atom stereocenters. The summed E-state index contributed by atoms with van der Waals surface area (Å²) in [4.78, 5) is 39.8. The summed E-state index contributed by atoms with van der Waals surface area (Å²) in [7, 11) is 0. The number of primary amides is 1. The first-order valence-electron chi connectivity index (χ1n) is 27.2. The van der Waals surface area contributed by atoms with Gasteiger partial charge < -0.3 is 51.8 Å². The molecule has 4 aromatic carbocycles. The number of amides is 2. The molecule has 3 fully saturated rings. The molecule has 24 heteroatoms. The van der Waals surface area contributed by atoms with E-state index in [1.54, 1.807) is 30.5 Å². The van der Waals surface area contributed by atoms with Gasteiger partial charge in [-0.2, -0.15) is 0 Å². The number of piperazine rings is 3. The van der Waals surface area contributed by atoms with E-state index < -0.39 is 11.5 Å². The second-order valence-corrected chi connectivity index (χ2v) is 24.0. The zero-order chi connectivity index (χ0) is 59.8. The fourth-order valence-corrected chi connectivity index (χ4v) is 10.6. The summed E-state index contributed by atoms with van der Waals surface area (Å²) in [6, 6.07) is 31.9. The van der Waals surface area contributed by atoms with Crippen molar-refractivity contribution in [2.24, 2.45) is 11.5 Å². The first-order chi connectivity index (χ1) is 38.4. The summed E-state index contributed by atoms with van der Waals surface area (Å²) in [5.41, 5.74) is 20.2. The predicted molar refractivity (Wildman–Crippen MR) is 380 cm³/mol. The first-order valence-corrected chi connectivity index (χ1v) is 30.5. The average Bonchev–Trinajstić information content (AvgIpc) is 3.67. The van der Waals surface area contributed by atoms with Crippen LogP contribution in [0.5, 0.6) is 0 Å². The largest absolute Gasteiger partial charge is 0.444 e. The number of thioether (sulfide) groups is 1. The van der Waals surface area contributed by atoms with Crippen LogP contribution in [0, 0.1) is 21.6 Å². The molecule has 0 bridgehead atoms. The number of thiocarbonyl (C=S) groups is 1. The third-order valence-corrected chi connectivity index (χ3v) is 15.5. The third-order valence-electron chi connectivity index (χ3n) is 12.8. The van der Waals surface area contributed by atoms with E-state index in [1.807, 2.05) is 46.4 Å². The molecular formula is C60H88Br3ClN14O3S3. The predicted octanol–water partition coefficient (Wildman–Crippen LogP) is 13.1. The van der Waals surface area contributed by atoms with Gasteiger partial charge in [-0.1, -0.05) is 126 Å². The third kappa shape index (κ3) is 26.2. The highest BCUT2D eigenvalue weighted by Gasteiger charge is 2.26. The van der Waals surface area contributed by atoms with Crippen molar-refractivity contribution in [1.29, 1.82) is 21.6 Å². The van der Waals surface area contributed by atoms with Crippen molar-refractivity contribution in [2.45, 2.75) is 91.8 Å². The maximum atomic E-state index is 11.7. The summed E-state index contributed by atoms with van der Waals surface area (Å²) in [6.07, 6.45) is 1.61. The number of carbonyl (C=O) groups excluding carboxylic acids is 2. The molecule has 11 N–H and O–H groups in total. The van der Waals surface area contributed by atoms with Crippen LogP contribution in [0.4, 0.5) is 16.3 Å². The van der Waals surface area contributed by atoms with Crippen LogP contribution in [-0.4, -0.2) is 148 Å². The van der Waals surface area contributed by atoms with Crippen molar-refractivity contribution in [1.82, 2.24) is 29.9 Å². The van der Waals surface area contributed by atoms with E-state index in [0.29, 0.717) is 64.3 Å². The molecule has 0 radical (unpaired) electrons. The molecule has 2 aromatic heterocycles. The molecule has 0 aliphatic carbocycles. The fourth-order valence-electron chi connectivity index (χ4n) is 8.66. The standard InChI is InChI=1S/C17H24N6OS.C13H13NS.C11H9Br.C11H21N3O2.C6H13N3.C2H5NS.2BrH.ClH/c1-3-4-11-9-12(23-7-5-22(6-8-23)10(2)18)21-17-13(11)14(19)15(25-17)16(20)24;1-10(14)15-9-11-6-7-12-4-2-3-5-13(12)8-11;12-8-9-5-6-10-3-1-2-4-11(10)7-9;1-9(12)13-5-7-14(8-6-13)10(15)16-11(2,3)4;1-6(7)9-4-2-8-3-5-9;1-2(3)4;;;/h9,18H,3-8,19H2,1-2H3,(H2,20,24);2-8,14H,9H2,1H3;1-7H,8H2;12H,5-8H2,1-4H3;7-8H,2-5H2,1H3;1H3,(H2,3,4);3*1H. The van der Waals surface area contributed by atoms with Gasteiger partial charge in [-0.25, -0.2) is 9.78 Å². The number of thiophene rings is 1. The first kappa shape index (κ1) is 76.9. The van der Waals surface area contributed by atoms with Crippen LogP contribution < -0.4 is 27.4 Å². The molecule has 2 amide bonds. The van der Waals surface area contributed by atoms with Crippen molar-refractivity contribution in [2.75, 3.05) is 89.2 Å². The van der Waals surface area contributed by atoms with E-state index in [9.17, 15) is 9.59 Å². The van der Waals surface area contributed by atoms with Crippen molar-refractivity contribution >= 4 is 180 Å². The highest BCUT2D eigenvalue weighted by atomic mass is 79.9. The summed E-state index contributed by atoms with van der Waals surface area (Å²) in [6.45, 7) is 26.6. The molecule has 0 atom stereocenters. The number of anilines is 2. The second-order valence-electron chi connectivity index (χ2n) is 20.7. The second kappa shape index (κ2) is 38.8. The maximum Gasteiger partial charge on any atom is 0.410 e. The lowest BCUT2D eigenvalue weighted by atomic mass is 10.1. The molecule has 6 aromatic rings. The normalized spacial score (nSPS) is 13.5. The van der Waals surface area contributed by atoms with Gasteiger partial charge in [-0.3, -0.25) is 26.4 Å². The van der Waals surface area contributed by atoms with Gasteiger partial charge in [-0.15, -0.1) is 69.5 Å². The topological polar surface area (TPSA) is 258 Å². The number of nitrogens with one attached hydrogen (secondary N) is 5. The molecule has 0 spiro atoms. The minimum absolute atomic E-state index is 0. The SMILES string of the molecule is Br.Br.BrCc1ccc2ccccc2c1.CC(=N)N1CCN(C(=O)OC(C)(C)C)CC1.CC(=N)N1CCNCC1.CC(=N)SCc1ccc2ccccc2c1.CC(N)=S.CCCc1cc(N2CCN(C(C)=N)CC2)nc2sc(C(N)=O)c(N)c12.Cl. The molecule has 3 aliphatic rings. The molecular weight excluding hydrogens is 1340 g/mol. The number of fused-ring (bicyclic) bond motifs is 3. The molecule has 9 rings (SSSR count). The number of alkyl halides is 1. The van der Waals surface area contributed by atoms with Crippen molar-refractivity contribution in [3.05, 3.63) is 113 Å². The van der Waals surface area contributed by atoms with E-state index in [1.165, 1.54) is 44.0 Å². The van der Waals surface area contributed by atoms with Crippen LogP contribution in [0.2, 0.25) is 0 Å². The fraction of sp³-hybridized carbons (Fsp3) is 0.433. The molecule has 84 heavy (non-hydrogen) atoms. The van der Waals surface area contributed by atoms with Crippen LogP contribution >= 0.6 is 97.6 Å². The lowest BCUT2D eigenvalue weighted by Crippen LogP contribution is -2.51. The number of hydrogen-bond donors (Lipinski definition) is 8. The molecule has 3 saturated heterocycles. The van der Waals surface area contributed by atoms with Gasteiger partial charge >= 0.3 is 6.09 Å². The zero-order valence-corrected chi connectivity index (χ0v) is 58.2. The number of aryl methyl sites for hydroxylation is 1. The number of rotatable bonds is 7. The van der Waals surface area contributed by atoms with Gasteiger partial charge in [0, 0.05) is 95.0 Å². The Morgan fingerprint density at radius 3 is 1.57 bits per heavy atom. The summed E-state index contributed by atoms with van der Waals surface area (Å²) in [5.74, 6) is 3.16. The van der Waals surface area contributed by atoms with Gasteiger partial charge in [0.25, 0.3) is 5.91 Å². The van der Waals surface area contributed by atoms with Gasteiger partial charge in [0.2, 0.25) is 0 Å². The van der Waals surface area contributed by atoms with Crippen molar-refractivity contribution in [3.8, 4) is 0 Å². The Labute approximate surface area is 547 Å². The summed E-state index contributed by atoms with van der Waals surface area (Å²) >= 11 is 10.6. The Bertz CT molecular complexity index is 3080. The van der Waals surface area contributed by atoms with Gasteiger partial charge in [0.1, 0.15) is 21.1 Å². The van der Waals surface area contributed by atoms with Crippen LogP contribution in [0.3, 0.4) is 0 Å². The zero-order valence-electron chi connectivity index (χ0n) is 49.9. The van der Waals surface area contributed by atoms with Crippen LogP contribution in [0.25, 0.3) is 31.8 Å². The summed E-state index contributed by atoms with van der Waals surface area (Å²) in [5, 5.41) is 40.8. The number of carbonyl (C=O) groups is 2. The number of hydrogen-bond acceptors (Lipinski definition) is 14. The number of nitrogen functional groups attached to an aromatic ring is 1. The number of pyridine rings is 1. The van der Waals surface area contributed by atoms with Crippen LogP contribution in [0.15, 0.2) is 91.0 Å². The lowest BCUT2D eigenvalue weighted by Gasteiger charge is -2.36. The van der Waals surface area contributed by atoms with E-state index in [-0.39, 0.29) is 52.5 Å². The smallest absolute Gasteiger partial charge is 0.410 e. The van der Waals surface area contributed by atoms with E-state index >= 15 is 0 Å². The molecule has 3 aliphatic heterocycles. The highest BCUT2D eigenvalue weighted by molar-refractivity contribution is 9.08. The van der Waals surface area contributed by atoms with Crippen molar-refractivity contribution < 1.29 is 14.3 Å². The number of nitrogens with zero attached hydrogens (tertiary/aromatic N) is 6. The molecule has 0 saturated carbocycles. The van der Waals surface area contributed by atoms with Gasteiger partial charge in [0.15, 0.2) is 0 Å². The number of aromatic nitrogens is 1. The van der Waals surface area contributed by atoms with Gasteiger partial charge in [0.05, 0.1) is 33.2 Å².